The summed E-state index contributed by atoms with van der Waals surface area (Å²) >= 11 is 6.59. The highest BCUT2D eigenvalue weighted by Crippen LogP contribution is 2.22. The molecule has 0 unspecified atom stereocenters. The molecule has 1 aromatic heterocycles. The van der Waals surface area contributed by atoms with E-state index in [-0.39, 0.29) is 5.91 Å². The number of halogens is 1. The maximum Gasteiger partial charge on any atom is 0.230 e. The Morgan fingerprint density at radius 2 is 2.00 bits per heavy atom. The number of hydrogen-bond acceptors (Lipinski definition) is 3. The van der Waals surface area contributed by atoms with Gasteiger partial charge in [0.2, 0.25) is 5.91 Å². The maximum atomic E-state index is 11.7. The van der Waals surface area contributed by atoms with Crippen molar-refractivity contribution in [2.75, 3.05) is 5.75 Å². The lowest BCUT2D eigenvalue weighted by molar-refractivity contribution is -0.118. The van der Waals surface area contributed by atoms with E-state index in [0.29, 0.717) is 12.3 Å². The van der Waals surface area contributed by atoms with Crippen molar-refractivity contribution in [3.63, 3.8) is 0 Å². The van der Waals surface area contributed by atoms with Crippen LogP contribution in [0.2, 0.25) is 0 Å². The van der Waals surface area contributed by atoms with E-state index in [1.165, 1.54) is 0 Å². The molecule has 2 rings (SSSR count). The smallest absolute Gasteiger partial charge is 0.230 e. The normalized spacial score (nSPS) is 10.3. The number of carbonyl (C=O) groups is 1. The minimum absolute atomic E-state index is 0.0633. The molecule has 0 atom stereocenters. The summed E-state index contributed by atoms with van der Waals surface area (Å²) < 4.78 is 1.09. The Bertz CT molecular complexity index is 513. The Balaban J connectivity index is 1.73. The number of hydrogen-bond donors (Lipinski definition) is 1. The monoisotopic (exact) mass is 341 g/mol. The topological polar surface area (TPSA) is 29.1 Å². The van der Waals surface area contributed by atoms with Gasteiger partial charge in [-0.3, -0.25) is 4.79 Å². The van der Waals surface area contributed by atoms with Crippen molar-refractivity contribution in [3.05, 3.63) is 51.1 Å². The van der Waals surface area contributed by atoms with E-state index in [0.717, 1.165) is 13.6 Å². The highest BCUT2D eigenvalue weighted by atomic mass is 79.9. The lowest BCUT2D eigenvalue weighted by Crippen LogP contribution is -2.24. The predicted molar refractivity (Wildman–Crippen MR) is 81.0 cm³/mol. The number of thioether (sulfide) groups is 1. The van der Waals surface area contributed by atoms with E-state index >= 15 is 0 Å². The lowest BCUT2D eigenvalue weighted by atomic mass is 10.4. The first kappa shape index (κ1) is 13.6. The van der Waals surface area contributed by atoms with Crippen LogP contribution in [0.5, 0.6) is 0 Å². The van der Waals surface area contributed by atoms with Crippen LogP contribution in [0.1, 0.15) is 4.88 Å². The molecule has 94 valence electrons. The second-order valence-electron chi connectivity index (χ2n) is 3.58. The molecule has 5 heteroatoms. The summed E-state index contributed by atoms with van der Waals surface area (Å²) in [6.45, 7) is 0.602. The van der Waals surface area contributed by atoms with Gasteiger partial charge in [0.15, 0.2) is 0 Å². The number of carbonyl (C=O) groups excluding carboxylic acids is 1. The van der Waals surface area contributed by atoms with Crippen molar-refractivity contribution < 1.29 is 4.79 Å². The van der Waals surface area contributed by atoms with Crippen molar-refractivity contribution >= 4 is 44.9 Å². The Morgan fingerprint density at radius 1 is 1.22 bits per heavy atom. The molecule has 18 heavy (non-hydrogen) atoms. The molecule has 0 aliphatic rings. The van der Waals surface area contributed by atoms with Gasteiger partial charge in [0.25, 0.3) is 0 Å². The van der Waals surface area contributed by atoms with Crippen molar-refractivity contribution in [2.24, 2.45) is 0 Å². The number of nitrogens with one attached hydrogen (secondary N) is 1. The SMILES string of the molecule is O=C(CSc1ccccc1)NCc1ccc(Br)s1. The molecule has 0 aliphatic heterocycles. The van der Waals surface area contributed by atoms with Gasteiger partial charge in [-0.1, -0.05) is 18.2 Å². The number of thiophene rings is 1. The maximum absolute atomic E-state index is 11.7. The Kier molecular flexibility index (Phi) is 5.28. The van der Waals surface area contributed by atoms with Crippen LogP contribution >= 0.6 is 39.0 Å². The van der Waals surface area contributed by atoms with Crippen LogP contribution in [-0.4, -0.2) is 11.7 Å². The fourth-order valence-corrected chi connectivity index (χ4v) is 3.52. The molecular formula is C13H12BrNOS2. The second-order valence-corrected chi connectivity index (χ2v) is 7.18. The predicted octanol–water partition coefficient (Wildman–Crippen LogP) is 3.92. The average molecular weight is 342 g/mol. The number of amides is 1. The van der Waals surface area contributed by atoms with Gasteiger partial charge < -0.3 is 5.32 Å². The first-order chi connectivity index (χ1) is 8.74. The van der Waals surface area contributed by atoms with Gasteiger partial charge in [-0.2, -0.15) is 0 Å². The second kappa shape index (κ2) is 6.97. The highest BCUT2D eigenvalue weighted by Gasteiger charge is 2.03. The van der Waals surface area contributed by atoms with E-state index in [9.17, 15) is 4.79 Å². The molecule has 0 radical (unpaired) electrons. The van der Waals surface area contributed by atoms with Crippen molar-refractivity contribution in [2.45, 2.75) is 11.4 Å². The molecule has 0 bridgehead atoms. The molecule has 0 aliphatic carbocycles. The summed E-state index contributed by atoms with van der Waals surface area (Å²) in [5, 5.41) is 2.91. The molecule has 2 nitrogen and oxygen atoms in total. The van der Waals surface area contributed by atoms with Crippen LogP contribution in [0.25, 0.3) is 0 Å². The van der Waals surface area contributed by atoms with Gasteiger partial charge >= 0.3 is 0 Å². The molecule has 1 heterocycles. The minimum atomic E-state index is 0.0633. The zero-order valence-electron chi connectivity index (χ0n) is 9.56. The largest absolute Gasteiger partial charge is 0.350 e. The van der Waals surface area contributed by atoms with Gasteiger partial charge in [-0.25, -0.2) is 0 Å². The first-order valence-electron chi connectivity index (χ1n) is 5.43. The van der Waals surface area contributed by atoms with Crippen molar-refractivity contribution in [1.29, 1.82) is 0 Å². The third-order valence-corrected chi connectivity index (χ3v) is 4.84. The van der Waals surface area contributed by atoms with Gasteiger partial charge in [0.1, 0.15) is 0 Å². The van der Waals surface area contributed by atoms with Gasteiger partial charge in [-0.15, -0.1) is 23.1 Å². The van der Waals surface area contributed by atoms with E-state index in [4.69, 9.17) is 0 Å². The first-order valence-corrected chi connectivity index (χ1v) is 8.02. The van der Waals surface area contributed by atoms with Crippen LogP contribution in [0.15, 0.2) is 51.1 Å². The van der Waals surface area contributed by atoms with Gasteiger partial charge in [-0.05, 0) is 40.2 Å². The molecule has 0 spiro atoms. The quantitative estimate of drug-likeness (QED) is 0.835. The highest BCUT2D eigenvalue weighted by molar-refractivity contribution is 9.11. The van der Waals surface area contributed by atoms with Crippen LogP contribution in [0.4, 0.5) is 0 Å². The Labute approximate surface area is 123 Å². The van der Waals surface area contributed by atoms with Crippen LogP contribution in [-0.2, 0) is 11.3 Å². The van der Waals surface area contributed by atoms with E-state index in [1.807, 2.05) is 42.5 Å². The Morgan fingerprint density at radius 3 is 2.67 bits per heavy atom. The van der Waals surface area contributed by atoms with Crippen molar-refractivity contribution in [3.8, 4) is 0 Å². The number of benzene rings is 1. The standard InChI is InChI=1S/C13H12BrNOS2/c14-12-7-6-11(18-12)8-15-13(16)9-17-10-4-2-1-3-5-10/h1-7H,8-9H2,(H,15,16). The number of rotatable bonds is 5. The lowest BCUT2D eigenvalue weighted by Gasteiger charge is -2.03. The Hall–Kier alpha value is -0.780. The molecule has 0 saturated carbocycles. The van der Waals surface area contributed by atoms with Crippen LogP contribution < -0.4 is 5.32 Å². The van der Waals surface area contributed by atoms with Crippen molar-refractivity contribution in [1.82, 2.24) is 5.32 Å². The third kappa shape index (κ3) is 4.48. The zero-order valence-corrected chi connectivity index (χ0v) is 12.8. The third-order valence-electron chi connectivity index (χ3n) is 2.20. The fraction of sp³-hybridized carbons (Fsp3) is 0.154. The molecule has 2 aromatic rings. The summed E-state index contributed by atoms with van der Waals surface area (Å²) in [6.07, 6.45) is 0. The molecule has 0 saturated heterocycles. The summed E-state index contributed by atoms with van der Waals surface area (Å²) in [5.41, 5.74) is 0. The molecule has 0 fully saturated rings. The minimum Gasteiger partial charge on any atom is -0.350 e. The summed E-state index contributed by atoms with van der Waals surface area (Å²) in [5.74, 6) is 0.518. The molecule has 1 amide bonds. The summed E-state index contributed by atoms with van der Waals surface area (Å²) in [6, 6.07) is 13.9. The summed E-state index contributed by atoms with van der Waals surface area (Å²) in [7, 11) is 0. The zero-order chi connectivity index (χ0) is 12.8. The average Bonchev–Trinajstić information content (AvgIpc) is 2.81. The molecule has 1 N–H and O–H groups in total. The summed E-state index contributed by atoms with van der Waals surface area (Å²) in [4.78, 5) is 13.9. The van der Waals surface area contributed by atoms with Crippen LogP contribution in [0.3, 0.4) is 0 Å². The molecular weight excluding hydrogens is 330 g/mol. The van der Waals surface area contributed by atoms with Gasteiger partial charge in [0, 0.05) is 9.77 Å². The van der Waals surface area contributed by atoms with Crippen LogP contribution in [0, 0.1) is 0 Å². The van der Waals surface area contributed by atoms with E-state index < -0.39 is 0 Å². The van der Waals surface area contributed by atoms with E-state index in [1.54, 1.807) is 23.1 Å². The van der Waals surface area contributed by atoms with E-state index in [2.05, 4.69) is 21.2 Å². The molecule has 1 aromatic carbocycles. The van der Waals surface area contributed by atoms with Gasteiger partial charge in [0.05, 0.1) is 16.1 Å². The fourth-order valence-electron chi connectivity index (χ4n) is 1.35.